The summed E-state index contributed by atoms with van der Waals surface area (Å²) in [6.45, 7) is 0. The van der Waals surface area contributed by atoms with Gasteiger partial charge in [0.2, 0.25) is 0 Å². The number of pyridine rings is 1. The average molecular weight is 296 g/mol. The zero-order valence-corrected chi connectivity index (χ0v) is 10.9. The molecule has 3 heterocycles. The van der Waals surface area contributed by atoms with Crippen LogP contribution in [0.1, 0.15) is 23.0 Å². The highest BCUT2D eigenvalue weighted by Gasteiger charge is 2.31. The summed E-state index contributed by atoms with van der Waals surface area (Å²) in [4.78, 5) is 0. The Kier molecular flexibility index (Phi) is 2.94. The van der Waals surface area contributed by atoms with Crippen molar-refractivity contribution in [2.24, 2.45) is 12.8 Å². The van der Waals surface area contributed by atoms with Gasteiger partial charge in [0.1, 0.15) is 0 Å². The summed E-state index contributed by atoms with van der Waals surface area (Å²) < 4.78 is 41.2. The lowest BCUT2D eigenvalue weighted by Crippen LogP contribution is -2.16. The van der Waals surface area contributed by atoms with E-state index in [0.29, 0.717) is 11.2 Å². The first-order valence-electron chi connectivity index (χ1n) is 6.02. The molecule has 6 nitrogen and oxygen atoms in total. The van der Waals surface area contributed by atoms with Crippen molar-refractivity contribution < 1.29 is 13.2 Å². The van der Waals surface area contributed by atoms with Crippen LogP contribution >= 0.6 is 0 Å². The maximum Gasteiger partial charge on any atom is 0.417 e. The van der Waals surface area contributed by atoms with Crippen LogP contribution in [0.4, 0.5) is 13.2 Å². The molecule has 0 bridgehead atoms. The van der Waals surface area contributed by atoms with Crippen LogP contribution in [0.25, 0.3) is 5.65 Å². The van der Waals surface area contributed by atoms with E-state index in [4.69, 9.17) is 5.73 Å². The van der Waals surface area contributed by atoms with Crippen LogP contribution in [0.2, 0.25) is 0 Å². The van der Waals surface area contributed by atoms with E-state index in [0.717, 1.165) is 12.3 Å². The Hall–Kier alpha value is -2.42. The van der Waals surface area contributed by atoms with Gasteiger partial charge in [-0.3, -0.25) is 9.08 Å². The minimum absolute atomic E-state index is 0.226. The summed E-state index contributed by atoms with van der Waals surface area (Å²) in [7, 11) is 1.72. The van der Waals surface area contributed by atoms with Gasteiger partial charge >= 0.3 is 6.18 Å². The van der Waals surface area contributed by atoms with Crippen LogP contribution in [0.3, 0.4) is 0 Å². The standard InChI is InChI=1S/C12H11F3N6/c1-20-5-7(4-17-20)10(16)11-19-18-9-3-2-8(6-21(9)11)12(13,14)15/h2-6,10H,16H2,1H3. The second-order valence-electron chi connectivity index (χ2n) is 4.63. The van der Waals surface area contributed by atoms with Crippen LogP contribution in [0, 0.1) is 0 Å². The van der Waals surface area contributed by atoms with E-state index in [1.54, 1.807) is 24.1 Å². The van der Waals surface area contributed by atoms with Gasteiger partial charge in [0, 0.05) is 25.0 Å². The highest BCUT2D eigenvalue weighted by molar-refractivity contribution is 5.41. The predicted molar refractivity (Wildman–Crippen MR) is 67.2 cm³/mol. The summed E-state index contributed by atoms with van der Waals surface area (Å²) in [6, 6.07) is 1.51. The van der Waals surface area contributed by atoms with Gasteiger partial charge in [-0.15, -0.1) is 10.2 Å². The van der Waals surface area contributed by atoms with Gasteiger partial charge in [-0.2, -0.15) is 18.3 Å². The van der Waals surface area contributed by atoms with Crippen LogP contribution in [-0.2, 0) is 13.2 Å². The van der Waals surface area contributed by atoms with Gasteiger partial charge in [0.05, 0.1) is 17.8 Å². The van der Waals surface area contributed by atoms with E-state index < -0.39 is 17.8 Å². The lowest BCUT2D eigenvalue weighted by Gasteiger charge is -2.10. The molecular formula is C12H11F3N6. The van der Waals surface area contributed by atoms with Gasteiger partial charge in [0.25, 0.3) is 0 Å². The number of halogens is 3. The second-order valence-corrected chi connectivity index (χ2v) is 4.63. The monoisotopic (exact) mass is 296 g/mol. The fraction of sp³-hybridized carbons (Fsp3) is 0.250. The van der Waals surface area contributed by atoms with Crippen molar-refractivity contribution in [3.8, 4) is 0 Å². The van der Waals surface area contributed by atoms with Crippen molar-refractivity contribution in [1.82, 2.24) is 24.4 Å². The maximum atomic E-state index is 12.8. The van der Waals surface area contributed by atoms with E-state index >= 15 is 0 Å². The number of alkyl halides is 3. The Balaban J connectivity index is 2.10. The van der Waals surface area contributed by atoms with E-state index in [1.807, 2.05) is 0 Å². The zero-order valence-electron chi connectivity index (χ0n) is 10.9. The molecule has 0 radical (unpaired) electrons. The molecule has 0 saturated heterocycles. The molecule has 0 aromatic carbocycles. The predicted octanol–water partition coefficient (Wildman–Crippen LogP) is 1.53. The van der Waals surface area contributed by atoms with E-state index in [9.17, 15) is 13.2 Å². The molecule has 21 heavy (non-hydrogen) atoms. The molecule has 0 saturated carbocycles. The van der Waals surface area contributed by atoms with E-state index in [2.05, 4.69) is 15.3 Å². The SMILES string of the molecule is Cn1cc(C(N)c2nnc3ccc(C(F)(F)F)cn23)cn1. The third kappa shape index (κ3) is 2.35. The Morgan fingerprint density at radius 3 is 2.57 bits per heavy atom. The van der Waals surface area contributed by atoms with E-state index in [-0.39, 0.29) is 5.82 Å². The Morgan fingerprint density at radius 1 is 1.19 bits per heavy atom. The molecule has 0 aliphatic carbocycles. The van der Waals surface area contributed by atoms with Crippen molar-refractivity contribution in [2.75, 3.05) is 0 Å². The normalized spacial score (nSPS) is 13.8. The average Bonchev–Trinajstić information content (AvgIpc) is 3.02. The molecule has 9 heteroatoms. The van der Waals surface area contributed by atoms with Gasteiger partial charge in [-0.05, 0) is 12.1 Å². The van der Waals surface area contributed by atoms with Crippen molar-refractivity contribution >= 4 is 5.65 Å². The molecule has 0 fully saturated rings. The van der Waals surface area contributed by atoms with Crippen molar-refractivity contribution in [2.45, 2.75) is 12.2 Å². The molecule has 1 unspecified atom stereocenters. The third-order valence-corrected chi connectivity index (χ3v) is 3.12. The first kappa shape index (κ1) is 13.6. The smallest absolute Gasteiger partial charge is 0.318 e. The van der Waals surface area contributed by atoms with Crippen LogP contribution < -0.4 is 5.73 Å². The number of hydrogen-bond acceptors (Lipinski definition) is 4. The summed E-state index contributed by atoms with van der Waals surface area (Å²) >= 11 is 0. The van der Waals surface area contributed by atoms with Crippen LogP contribution in [0.15, 0.2) is 30.7 Å². The minimum Gasteiger partial charge on any atom is -0.318 e. The molecule has 3 aromatic rings. The molecule has 0 amide bonds. The number of aryl methyl sites for hydroxylation is 1. The van der Waals surface area contributed by atoms with Crippen LogP contribution in [0.5, 0.6) is 0 Å². The molecule has 0 aliphatic heterocycles. The van der Waals surface area contributed by atoms with Gasteiger partial charge in [-0.25, -0.2) is 0 Å². The molecule has 3 rings (SSSR count). The van der Waals surface area contributed by atoms with Gasteiger partial charge in [0.15, 0.2) is 11.5 Å². The number of nitrogens with zero attached hydrogens (tertiary/aromatic N) is 5. The largest absolute Gasteiger partial charge is 0.417 e. The number of rotatable bonds is 2. The molecular weight excluding hydrogens is 285 g/mol. The fourth-order valence-electron chi connectivity index (χ4n) is 2.04. The Morgan fingerprint density at radius 2 is 1.95 bits per heavy atom. The third-order valence-electron chi connectivity index (χ3n) is 3.12. The topological polar surface area (TPSA) is 74.0 Å². The number of aromatic nitrogens is 5. The number of fused-ring (bicyclic) bond motifs is 1. The number of hydrogen-bond donors (Lipinski definition) is 1. The molecule has 1 atom stereocenters. The molecule has 2 N–H and O–H groups in total. The molecule has 3 aromatic heterocycles. The summed E-state index contributed by atoms with van der Waals surface area (Å²) in [5, 5.41) is 11.7. The van der Waals surface area contributed by atoms with Crippen molar-refractivity contribution in [3.63, 3.8) is 0 Å². The van der Waals surface area contributed by atoms with Crippen LogP contribution in [-0.4, -0.2) is 24.4 Å². The Labute approximate surface area is 117 Å². The maximum absolute atomic E-state index is 12.8. The molecule has 110 valence electrons. The zero-order chi connectivity index (χ0) is 15.2. The quantitative estimate of drug-likeness (QED) is 0.778. The second kappa shape index (κ2) is 4.55. The molecule has 0 aliphatic rings. The lowest BCUT2D eigenvalue weighted by molar-refractivity contribution is -0.137. The van der Waals surface area contributed by atoms with Gasteiger partial charge < -0.3 is 5.73 Å². The highest BCUT2D eigenvalue weighted by Crippen LogP contribution is 2.30. The van der Waals surface area contributed by atoms with Crippen molar-refractivity contribution in [1.29, 1.82) is 0 Å². The summed E-state index contributed by atoms with van der Waals surface area (Å²) in [5.74, 6) is 0.226. The van der Waals surface area contributed by atoms with Crippen molar-refractivity contribution in [3.05, 3.63) is 47.7 Å². The van der Waals surface area contributed by atoms with E-state index in [1.165, 1.54) is 10.5 Å². The Bertz CT molecular complexity index is 788. The summed E-state index contributed by atoms with van der Waals surface area (Å²) in [6.07, 6.45) is -0.270. The number of nitrogens with two attached hydrogens (primary N) is 1. The van der Waals surface area contributed by atoms with Gasteiger partial charge in [-0.1, -0.05) is 0 Å². The fourth-order valence-corrected chi connectivity index (χ4v) is 2.04. The lowest BCUT2D eigenvalue weighted by atomic mass is 10.1. The summed E-state index contributed by atoms with van der Waals surface area (Å²) in [5.41, 5.74) is 6.20. The highest BCUT2D eigenvalue weighted by atomic mass is 19.4. The minimum atomic E-state index is -4.44. The first-order valence-corrected chi connectivity index (χ1v) is 6.02. The molecule has 0 spiro atoms. The first-order chi connectivity index (χ1) is 9.86.